The normalized spacial score (nSPS) is 14.9. The van der Waals surface area contributed by atoms with Crippen LogP contribution >= 0.6 is 0 Å². The fourth-order valence-electron chi connectivity index (χ4n) is 2.58. The van der Waals surface area contributed by atoms with Gasteiger partial charge in [0, 0.05) is 29.3 Å². The van der Waals surface area contributed by atoms with Crippen LogP contribution in [-0.2, 0) is 9.53 Å². The van der Waals surface area contributed by atoms with Gasteiger partial charge in [0.1, 0.15) is 11.5 Å². The van der Waals surface area contributed by atoms with Crippen LogP contribution in [0.1, 0.15) is 11.3 Å². The summed E-state index contributed by atoms with van der Waals surface area (Å²) in [6.45, 7) is 0. The summed E-state index contributed by atoms with van der Waals surface area (Å²) in [5.74, 6) is 0.639. The number of nitro benzene ring substituents is 1. The number of hydrogen-bond donors (Lipinski definition) is 0. The van der Waals surface area contributed by atoms with Crippen LogP contribution in [0.5, 0.6) is 0 Å². The van der Waals surface area contributed by atoms with E-state index in [0.717, 1.165) is 0 Å². The highest BCUT2D eigenvalue weighted by molar-refractivity contribution is 6.12. The van der Waals surface area contributed by atoms with Crippen molar-refractivity contribution < 1.29 is 18.9 Å². The summed E-state index contributed by atoms with van der Waals surface area (Å²) in [6.07, 6.45) is 1.49. The van der Waals surface area contributed by atoms with Crippen molar-refractivity contribution in [3.05, 3.63) is 93.9 Å². The van der Waals surface area contributed by atoms with E-state index >= 15 is 0 Å². The Morgan fingerprint density at radius 3 is 2.37 bits per heavy atom. The average molecular weight is 360 g/mol. The number of carbonyl (C=O) groups excluding carboxylic acids is 1. The summed E-state index contributed by atoms with van der Waals surface area (Å²) >= 11 is 0. The molecule has 0 unspecified atom stereocenters. The molecule has 1 aliphatic heterocycles. The molecule has 0 saturated heterocycles. The minimum atomic E-state index is -0.554. The molecule has 1 aliphatic rings. The highest BCUT2D eigenvalue weighted by atomic mass is 16.6. The molecule has 7 heteroatoms. The zero-order valence-electron chi connectivity index (χ0n) is 13.9. The second-order valence-electron chi connectivity index (χ2n) is 5.71. The van der Waals surface area contributed by atoms with Crippen LogP contribution in [0.4, 0.5) is 5.69 Å². The van der Waals surface area contributed by atoms with Crippen LogP contribution in [0.25, 0.3) is 17.4 Å². The van der Waals surface area contributed by atoms with Gasteiger partial charge in [-0.05, 0) is 36.4 Å². The van der Waals surface area contributed by atoms with E-state index < -0.39 is 10.9 Å². The quantitative estimate of drug-likeness (QED) is 0.301. The Kier molecular flexibility index (Phi) is 4.10. The Hall–Kier alpha value is -4.00. The van der Waals surface area contributed by atoms with Gasteiger partial charge in [-0.1, -0.05) is 18.2 Å². The zero-order chi connectivity index (χ0) is 18.8. The second-order valence-corrected chi connectivity index (χ2v) is 5.71. The average Bonchev–Trinajstić information content (AvgIpc) is 3.30. The van der Waals surface area contributed by atoms with Crippen molar-refractivity contribution >= 4 is 23.6 Å². The maximum absolute atomic E-state index is 12.0. The minimum Gasteiger partial charge on any atom is -0.457 e. The fraction of sp³-hybridized carbons (Fsp3) is 0. The molecule has 2 heterocycles. The van der Waals surface area contributed by atoms with Crippen molar-refractivity contribution in [2.24, 2.45) is 4.99 Å². The molecular formula is C20H12N2O5. The Labute approximate surface area is 153 Å². The summed E-state index contributed by atoms with van der Waals surface area (Å²) in [5, 5.41) is 10.7. The number of hydrogen-bond acceptors (Lipinski definition) is 6. The van der Waals surface area contributed by atoms with Crippen molar-refractivity contribution in [2.45, 2.75) is 0 Å². The number of non-ortho nitro benzene ring substituents is 1. The first kappa shape index (κ1) is 16.5. The third-order valence-corrected chi connectivity index (χ3v) is 3.91. The monoisotopic (exact) mass is 360 g/mol. The number of esters is 1. The number of rotatable bonds is 4. The van der Waals surface area contributed by atoms with E-state index in [9.17, 15) is 14.9 Å². The molecule has 3 aromatic rings. The Morgan fingerprint density at radius 2 is 1.67 bits per heavy atom. The zero-order valence-corrected chi connectivity index (χ0v) is 13.9. The number of aliphatic imine (C=N–C) groups is 1. The number of carbonyl (C=O) groups is 1. The van der Waals surface area contributed by atoms with E-state index in [2.05, 4.69) is 4.99 Å². The molecule has 0 aliphatic carbocycles. The summed E-state index contributed by atoms with van der Waals surface area (Å²) in [7, 11) is 0. The smallest absolute Gasteiger partial charge is 0.363 e. The summed E-state index contributed by atoms with van der Waals surface area (Å²) in [4.78, 5) is 26.5. The standard InChI is InChI=1S/C20H12N2O5/c23-20-17(21-19(27-20)14-4-2-1-3-5-14)12-16-10-11-18(26-16)13-6-8-15(9-7-13)22(24)25/h1-12H. The summed E-state index contributed by atoms with van der Waals surface area (Å²) in [6, 6.07) is 18.5. The van der Waals surface area contributed by atoms with Crippen LogP contribution in [0.15, 0.2) is 81.8 Å². The van der Waals surface area contributed by atoms with Gasteiger partial charge in [-0.15, -0.1) is 0 Å². The van der Waals surface area contributed by atoms with Crippen molar-refractivity contribution in [3.63, 3.8) is 0 Å². The molecular weight excluding hydrogens is 348 g/mol. The molecule has 132 valence electrons. The number of furan rings is 1. The maximum atomic E-state index is 12.0. The van der Waals surface area contributed by atoms with E-state index in [-0.39, 0.29) is 17.3 Å². The van der Waals surface area contributed by atoms with Crippen LogP contribution < -0.4 is 0 Å². The Balaban J connectivity index is 1.59. The molecule has 0 amide bonds. The van der Waals surface area contributed by atoms with Gasteiger partial charge in [-0.2, -0.15) is 0 Å². The van der Waals surface area contributed by atoms with E-state index in [1.807, 2.05) is 18.2 Å². The van der Waals surface area contributed by atoms with Gasteiger partial charge in [-0.25, -0.2) is 9.79 Å². The van der Waals surface area contributed by atoms with Gasteiger partial charge in [-0.3, -0.25) is 10.1 Å². The van der Waals surface area contributed by atoms with Crippen LogP contribution in [0.2, 0.25) is 0 Å². The van der Waals surface area contributed by atoms with Crippen LogP contribution in [-0.4, -0.2) is 16.8 Å². The van der Waals surface area contributed by atoms with Crippen LogP contribution in [0, 0.1) is 10.1 Å². The lowest BCUT2D eigenvalue weighted by Crippen LogP contribution is -2.04. The number of benzene rings is 2. The highest BCUT2D eigenvalue weighted by Gasteiger charge is 2.24. The predicted molar refractivity (Wildman–Crippen MR) is 97.8 cm³/mol. The molecule has 0 saturated carbocycles. The van der Waals surface area contributed by atoms with Crippen molar-refractivity contribution in [2.75, 3.05) is 0 Å². The lowest BCUT2D eigenvalue weighted by molar-refractivity contribution is -0.384. The topological polar surface area (TPSA) is 94.9 Å². The maximum Gasteiger partial charge on any atom is 0.363 e. The van der Waals surface area contributed by atoms with Crippen LogP contribution in [0.3, 0.4) is 0 Å². The molecule has 0 N–H and O–H groups in total. The molecule has 0 radical (unpaired) electrons. The fourth-order valence-corrected chi connectivity index (χ4v) is 2.58. The molecule has 7 nitrogen and oxygen atoms in total. The van der Waals surface area contributed by atoms with Gasteiger partial charge < -0.3 is 9.15 Å². The van der Waals surface area contributed by atoms with Gasteiger partial charge in [0.25, 0.3) is 5.69 Å². The number of nitro groups is 1. The molecule has 27 heavy (non-hydrogen) atoms. The van der Waals surface area contributed by atoms with Crippen molar-refractivity contribution in [1.82, 2.24) is 0 Å². The number of cyclic esters (lactones) is 1. The van der Waals surface area contributed by atoms with E-state index in [0.29, 0.717) is 22.6 Å². The van der Waals surface area contributed by atoms with E-state index in [4.69, 9.17) is 9.15 Å². The Morgan fingerprint density at radius 1 is 0.926 bits per heavy atom. The predicted octanol–water partition coefficient (Wildman–Crippen LogP) is 4.20. The molecule has 2 aromatic carbocycles. The van der Waals surface area contributed by atoms with E-state index in [1.54, 1.807) is 36.4 Å². The first-order valence-corrected chi connectivity index (χ1v) is 8.03. The van der Waals surface area contributed by atoms with Crippen molar-refractivity contribution in [1.29, 1.82) is 0 Å². The summed E-state index contributed by atoms with van der Waals surface area (Å²) in [5.41, 5.74) is 1.54. The third-order valence-electron chi connectivity index (χ3n) is 3.91. The SMILES string of the molecule is O=C1OC(c2ccccc2)=NC1=Cc1ccc(-c2ccc([N+](=O)[O-])cc2)o1. The largest absolute Gasteiger partial charge is 0.457 e. The molecule has 4 rings (SSSR count). The Bertz CT molecular complexity index is 1080. The van der Waals surface area contributed by atoms with Gasteiger partial charge in [0.2, 0.25) is 5.90 Å². The van der Waals surface area contributed by atoms with Gasteiger partial charge in [0.05, 0.1) is 4.92 Å². The molecule has 0 bridgehead atoms. The molecule has 0 spiro atoms. The molecule has 1 aromatic heterocycles. The minimum absolute atomic E-state index is 0.00382. The third kappa shape index (κ3) is 3.38. The van der Waals surface area contributed by atoms with E-state index in [1.165, 1.54) is 18.2 Å². The lowest BCUT2D eigenvalue weighted by atomic mass is 10.1. The first-order chi connectivity index (χ1) is 13.1. The second kappa shape index (κ2) is 6.72. The van der Waals surface area contributed by atoms with Gasteiger partial charge >= 0.3 is 5.97 Å². The summed E-state index contributed by atoms with van der Waals surface area (Å²) < 4.78 is 10.9. The number of ether oxygens (including phenoxy) is 1. The first-order valence-electron chi connectivity index (χ1n) is 8.03. The van der Waals surface area contributed by atoms with Gasteiger partial charge in [0.15, 0.2) is 5.70 Å². The molecule has 0 atom stereocenters. The van der Waals surface area contributed by atoms with Crippen molar-refractivity contribution in [3.8, 4) is 11.3 Å². The number of nitrogens with zero attached hydrogens (tertiary/aromatic N) is 2. The highest BCUT2D eigenvalue weighted by Crippen LogP contribution is 2.26. The lowest BCUT2D eigenvalue weighted by Gasteiger charge is -1.97. The molecule has 0 fully saturated rings.